The van der Waals surface area contributed by atoms with Crippen molar-refractivity contribution < 1.29 is 0 Å². The van der Waals surface area contributed by atoms with Crippen molar-refractivity contribution in [3.8, 4) is 6.07 Å². The second-order valence-electron chi connectivity index (χ2n) is 6.63. The van der Waals surface area contributed by atoms with E-state index < -0.39 is 0 Å². The van der Waals surface area contributed by atoms with Crippen LogP contribution in [0.25, 0.3) is 0 Å². The molecule has 4 aliphatic carbocycles. The Morgan fingerprint density at radius 3 is 2.28 bits per heavy atom. The van der Waals surface area contributed by atoms with Crippen LogP contribution in [-0.2, 0) is 7.05 Å². The van der Waals surface area contributed by atoms with Crippen LogP contribution < -0.4 is 0 Å². The summed E-state index contributed by atoms with van der Waals surface area (Å²) in [4.78, 5) is 4.27. The lowest BCUT2D eigenvalue weighted by molar-refractivity contribution is -0.00505. The first kappa shape index (κ1) is 10.6. The third kappa shape index (κ3) is 1.32. The molecule has 0 N–H and O–H groups in total. The molecule has 0 unspecified atom stereocenters. The number of aromatic nitrogens is 2. The van der Waals surface area contributed by atoms with E-state index in [1.54, 1.807) is 0 Å². The standard InChI is InChI=1S/C15H19N3/c1-18-13(8-17-14(18)7-16)15-11-3-9-2-10(5-11)6-12(15)4-9/h8-12,15H,2-6H2,1H3. The van der Waals surface area contributed by atoms with Gasteiger partial charge in [-0.25, -0.2) is 4.98 Å². The molecule has 0 aromatic carbocycles. The second kappa shape index (κ2) is 3.60. The predicted molar refractivity (Wildman–Crippen MR) is 67.7 cm³/mol. The Kier molecular flexibility index (Phi) is 2.12. The van der Waals surface area contributed by atoms with Crippen LogP contribution in [0.5, 0.6) is 0 Å². The molecule has 0 saturated heterocycles. The Hall–Kier alpha value is -1.30. The van der Waals surface area contributed by atoms with E-state index in [-0.39, 0.29) is 0 Å². The molecule has 4 fully saturated rings. The summed E-state index contributed by atoms with van der Waals surface area (Å²) in [6, 6.07) is 2.19. The summed E-state index contributed by atoms with van der Waals surface area (Å²) >= 11 is 0. The van der Waals surface area contributed by atoms with E-state index in [1.165, 1.54) is 37.8 Å². The molecule has 0 amide bonds. The molecule has 0 radical (unpaired) electrons. The zero-order valence-electron chi connectivity index (χ0n) is 10.8. The molecule has 18 heavy (non-hydrogen) atoms. The van der Waals surface area contributed by atoms with Gasteiger partial charge < -0.3 is 4.57 Å². The van der Waals surface area contributed by atoms with Crippen molar-refractivity contribution in [2.24, 2.45) is 30.7 Å². The van der Waals surface area contributed by atoms with E-state index in [0.717, 1.165) is 23.7 Å². The molecular weight excluding hydrogens is 222 g/mol. The third-order valence-corrected chi connectivity index (χ3v) is 5.69. The minimum Gasteiger partial charge on any atom is -0.323 e. The molecule has 0 atom stereocenters. The average Bonchev–Trinajstić information content (AvgIpc) is 2.70. The molecule has 4 aliphatic rings. The van der Waals surface area contributed by atoms with Crippen molar-refractivity contribution in [3.63, 3.8) is 0 Å². The summed E-state index contributed by atoms with van der Waals surface area (Å²) in [6.07, 6.45) is 9.14. The molecule has 1 aromatic rings. The summed E-state index contributed by atoms with van der Waals surface area (Å²) in [6.45, 7) is 0. The van der Waals surface area contributed by atoms with Crippen LogP contribution in [0.1, 0.15) is 49.5 Å². The minimum absolute atomic E-state index is 0.568. The SMILES string of the molecule is Cn1c(C2C3CC4CC(C3)CC2C4)cnc1C#N. The molecular formula is C15H19N3. The Labute approximate surface area is 108 Å². The van der Waals surface area contributed by atoms with Gasteiger partial charge in [0, 0.05) is 24.9 Å². The van der Waals surface area contributed by atoms with Crippen molar-refractivity contribution in [1.29, 1.82) is 5.26 Å². The molecule has 0 aliphatic heterocycles. The average molecular weight is 241 g/mol. The van der Waals surface area contributed by atoms with Gasteiger partial charge in [-0.2, -0.15) is 5.26 Å². The molecule has 1 heterocycles. The summed E-state index contributed by atoms with van der Waals surface area (Å²) in [7, 11) is 2.01. The highest BCUT2D eigenvalue weighted by Crippen LogP contribution is 2.59. The van der Waals surface area contributed by atoms with Gasteiger partial charge in [-0.05, 0) is 55.8 Å². The Balaban J connectivity index is 1.73. The quantitative estimate of drug-likeness (QED) is 0.758. The maximum Gasteiger partial charge on any atom is 0.212 e. The largest absolute Gasteiger partial charge is 0.323 e. The summed E-state index contributed by atoms with van der Waals surface area (Å²) in [5.41, 5.74) is 1.32. The van der Waals surface area contributed by atoms with Crippen molar-refractivity contribution in [2.45, 2.75) is 38.0 Å². The minimum atomic E-state index is 0.568. The molecule has 4 bridgehead atoms. The van der Waals surface area contributed by atoms with E-state index in [1.807, 2.05) is 17.8 Å². The number of nitriles is 1. The van der Waals surface area contributed by atoms with Crippen LogP contribution in [0.3, 0.4) is 0 Å². The highest BCUT2D eigenvalue weighted by Gasteiger charge is 2.49. The molecule has 4 saturated carbocycles. The molecule has 3 heteroatoms. The summed E-state index contributed by atoms with van der Waals surface area (Å²) in [5.74, 6) is 4.99. The monoisotopic (exact) mass is 241 g/mol. The lowest BCUT2D eigenvalue weighted by Gasteiger charge is -2.54. The number of imidazole rings is 1. The number of hydrogen-bond acceptors (Lipinski definition) is 2. The zero-order valence-corrected chi connectivity index (χ0v) is 10.8. The maximum absolute atomic E-state index is 9.05. The van der Waals surface area contributed by atoms with Gasteiger partial charge in [0.2, 0.25) is 5.82 Å². The van der Waals surface area contributed by atoms with Gasteiger partial charge in [-0.1, -0.05) is 0 Å². The van der Waals surface area contributed by atoms with Gasteiger partial charge in [0.15, 0.2) is 0 Å². The second-order valence-corrected chi connectivity index (χ2v) is 6.63. The van der Waals surface area contributed by atoms with Gasteiger partial charge in [0.1, 0.15) is 6.07 Å². The van der Waals surface area contributed by atoms with Crippen molar-refractivity contribution in [3.05, 3.63) is 17.7 Å². The van der Waals surface area contributed by atoms with Crippen LogP contribution in [0.15, 0.2) is 6.20 Å². The van der Waals surface area contributed by atoms with Crippen LogP contribution in [0.2, 0.25) is 0 Å². The maximum atomic E-state index is 9.05. The van der Waals surface area contributed by atoms with Crippen LogP contribution in [0, 0.1) is 35.0 Å². The number of rotatable bonds is 1. The molecule has 94 valence electrons. The topological polar surface area (TPSA) is 41.6 Å². The highest BCUT2D eigenvalue weighted by atomic mass is 15.1. The van der Waals surface area contributed by atoms with E-state index in [4.69, 9.17) is 5.26 Å². The molecule has 5 rings (SSSR count). The first-order valence-electron chi connectivity index (χ1n) is 7.18. The van der Waals surface area contributed by atoms with Crippen LogP contribution in [0.4, 0.5) is 0 Å². The van der Waals surface area contributed by atoms with Crippen molar-refractivity contribution in [2.75, 3.05) is 0 Å². The lowest BCUT2D eigenvalue weighted by Crippen LogP contribution is -2.44. The normalized spacial score (nSPS) is 41.0. The summed E-state index contributed by atoms with van der Waals surface area (Å²) < 4.78 is 2.03. The fourth-order valence-electron chi connectivity index (χ4n) is 5.24. The van der Waals surface area contributed by atoms with Crippen molar-refractivity contribution in [1.82, 2.24) is 9.55 Å². The predicted octanol–water partition coefficient (Wildman–Crippen LogP) is 2.83. The zero-order chi connectivity index (χ0) is 12.3. The first-order valence-corrected chi connectivity index (χ1v) is 7.18. The number of hydrogen-bond donors (Lipinski definition) is 0. The van der Waals surface area contributed by atoms with E-state index in [2.05, 4.69) is 11.1 Å². The fourth-order valence-corrected chi connectivity index (χ4v) is 5.24. The fraction of sp³-hybridized carbons (Fsp3) is 0.733. The lowest BCUT2D eigenvalue weighted by atomic mass is 9.51. The number of nitrogens with zero attached hydrogens (tertiary/aromatic N) is 3. The first-order chi connectivity index (χ1) is 8.76. The molecule has 1 aromatic heterocycles. The van der Waals surface area contributed by atoms with E-state index in [0.29, 0.717) is 11.7 Å². The highest BCUT2D eigenvalue weighted by molar-refractivity contribution is 5.22. The smallest absolute Gasteiger partial charge is 0.212 e. The van der Waals surface area contributed by atoms with Gasteiger partial charge in [0.25, 0.3) is 0 Å². The van der Waals surface area contributed by atoms with E-state index >= 15 is 0 Å². The third-order valence-electron chi connectivity index (χ3n) is 5.69. The Morgan fingerprint density at radius 2 is 1.78 bits per heavy atom. The molecule has 0 spiro atoms. The van der Waals surface area contributed by atoms with Gasteiger partial charge in [0.05, 0.1) is 0 Å². The Bertz CT molecular complexity index is 494. The van der Waals surface area contributed by atoms with Crippen molar-refractivity contribution >= 4 is 0 Å². The van der Waals surface area contributed by atoms with Gasteiger partial charge >= 0.3 is 0 Å². The van der Waals surface area contributed by atoms with Gasteiger partial charge in [-0.15, -0.1) is 0 Å². The van der Waals surface area contributed by atoms with Gasteiger partial charge in [-0.3, -0.25) is 0 Å². The van der Waals surface area contributed by atoms with Crippen LogP contribution in [-0.4, -0.2) is 9.55 Å². The Morgan fingerprint density at radius 1 is 1.17 bits per heavy atom. The van der Waals surface area contributed by atoms with E-state index in [9.17, 15) is 0 Å². The molecule has 3 nitrogen and oxygen atoms in total. The van der Waals surface area contributed by atoms with Crippen LogP contribution >= 0.6 is 0 Å². The summed E-state index contributed by atoms with van der Waals surface area (Å²) in [5, 5.41) is 9.05.